The van der Waals surface area contributed by atoms with Crippen LogP contribution in [0.5, 0.6) is 11.5 Å². The van der Waals surface area contributed by atoms with E-state index in [4.69, 9.17) is 21.7 Å². The quantitative estimate of drug-likeness (QED) is 0.619. The van der Waals surface area contributed by atoms with Crippen LogP contribution in [0, 0.1) is 11.8 Å². The number of benzene rings is 1. The Balaban J connectivity index is 1.37. The maximum absolute atomic E-state index is 5.59. The van der Waals surface area contributed by atoms with E-state index < -0.39 is 0 Å². The molecule has 1 aromatic carbocycles. The van der Waals surface area contributed by atoms with Gasteiger partial charge in [-0.2, -0.15) is 0 Å². The van der Waals surface area contributed by atoms with Gasteiger partial charge in [-0.25, -0.2) is 0 Å². The van der Waals surface area contributed by atoms with Crippen LogP contribution >= 0.6 is 12.2 Å². The fourth-order valence-corrected chi connectivity index (χ4v) is 4.00. The van der Waals surface area contributed by atoms with Crippen molar-refractivity contribution in [3.8, 4) is 11.5 Å². The lowest BCUT2D eigenvalue weighted by atomic mass is 9.92. The lowest BCUT2D eigenvalue weighted by Gasteiger charge is -2.35. The van der Waals surface area contributed by atoms with E-state index in [9.17, 15) is 0 Å². The molecule has 0 unspecified atom stereocenters. The third kappa shape index (κ3) is 5.47. The molecule has 1 aromatic rings. The molecule has 0 aromatic heterocycles. The molecule has 0 aliphatic carbocycles. The number of rotatable bonds is 5. The summed E-state index contributed by atoms with van der Waals surface area (Å²) in [5.41, 5.74) is 0.917. The number of likely N-dealkylation sites (tertiary alicyclic amines) is 1. The second-order valence-corrected chi connectivity index (χ2v) is 7.71. The van der Waals surface area contributed by atoms with Gasteiger partial charge in [0.25, 0.3) is 0 Å². The molecule has 0 radical (unpaired) electrons. The van der Waals surface area contributed by atoms with Crippen LogP contribution in [0.3, 0.4) is 0 Å². The van der Waals surface area contributed by atoms with Gasteiger partial charge in [-0.05, 0) is 55.6 Å². The largest absolute Gasteiger partial charge is 0.486 e. The molecule has 0 saturated carbocycles. The second kappa shape index (κ2) is 8.72. The van der Waals surface area contributed by atoms with Crippen molar-refractivity contribution < 1.29 is 9.47 Å². The predicted octanol–water partition coefficient (Wildman–Crippen LogP) is 3.11. The summed E-state index contributed by atoms with van der Waals surface area (Å²) in [5, 5.41) is 7.16. The first-order chi connectivity index (χ1) is 12.1. The van der Waals surface area contributed by atoms with Crippen molar-refractivity contribution in [3.05, 3.63) is 18.2 Å². The Labute approximate surface area is 156 Å². The summed E-state index contributed by atoms with van der Waals surface area (Å²) in [5.74, 6) is 3.19. The zero-order valence-corrected chi connectivity index (χ0v) is 16.0. The van der Waals surface area contributed by atoms with Gasteiger partial charge in [-0.3, -0.25) is 0 Å². The Morgan fingerprint density at radius 3 is 2.64 bits per heavy atom. The highest BCUT2D eigenvalue weighted by molar-refractivity contribution is 7.80. The van der Waals surface area contributed by atoms with Crippen LogP contribution in [0.15, 0.2) is 18.2 Å². The van der Waals surface area contributed by atoms with Gasteiger partial charge in [0.1, 0.15) is 13.2 Å². The van der Waals surface area contributed by atoms with E-state index in [-0.39, 0.29) is 0 Å². The lowest BCUT2D eigenvalue weighted by molar-refractivity contribution is 0.140. The Morgan fingerprint density at radius 1 is 1.16 bits per heavy atom. The number of fused-ring (bicyclic) bond motifs is 1. The van der Waals surface area contributed by atoms with Crippen molar-refractivity contribution in [3.63, 3.8) is 0 Å². The number of hydrogen-bond donors (Lipinski definition) is 2. The summed E-state index contributed by atoms with van der Waals surface area (Å²) in [7, 11) is 0. The van der Waals surface area contributed by atoms with E-state index >= 15 is 0 Å². The molecular weight excluding hydrogens is 334 g/mol. The van der Waals surface area contributed by atoms with E-state index in [0.29, 0.717) is 18.3 Å². The van der Waals surface area contributed by atoms with Crippen LogP contribution < -0.4 is 20.1 Å². The fourth-order valence-electron chi connectivity index (χ4n) is 3.78. The van der Waals surface area contributed by atoms with Gasteiger partial charge in [0.05, 0.1) is 0 Å². The van der Waals surface area contributed by atoms with Crippen molar-refractivity contribution in [1.29, 1.82) is 0 Å². The number of nitrogens with zero attached hydrogens (tertiary/aromatic N) is 1. The number of ether oxygens (including phenoxy) is 2. The minimum absolute atomic E-state index is 0.590. The fraction of sp³-hybridized carbons (Fsp3) is 0.632. The average Bonchev–Trinajstić information content (AvgIpc) is 2.58. The normalized spacial score (nSPS) is 23.1. The molecule has 2 atom stereocenters. The minimum atomic E-state index is 0.590. The number of anilines is 1. The molecule has 5 nitrogen and oxygen atoms in total. The van der Waals surface area contributed by atoms with Crippen LogP contribution in [0.25, 0.3) is 0 Å². The van der Waals surface area contributed by atoms with Crippen LogP contribution in [-0.4, -0.2) is 49.4 Å². The Bertz CT molecular complexity index is 586. The predicted molar refractivity (Wildman–Crippen MR) is 106 cm³/mol. The molecule has 138 valence electrons. The van der Waals surface area contributed by atoms with Gasteiger partial charge < -0.3 is 25.0 Å². The van der Waals surface area contributed by atoms with Gasteiger partial charge >= 0.3 is 0 Å². The third-order valence-corrected chi connectivity index (χ3v) is 4.93. The van der Waals surface area contributed by atoms with Crippen LogP contribution in [-0.2, 0) is 0 Å². The first-order valence-corrected chi connectivity index (χ1v) is 9.68. The molecule has 2 heterocycles. The molecule has 2 aliphatic rings. The van der Waals surface area contributed by atoms with Gasteiger partial charge in [0, 0.05) is 31.4 Å². The molecule has 3 rings (SSSR count). The topological polar surface area (TPSA) is 45.8 Å². The Hall–Kier alpha value is -1.53. The highest BCUT2D eigenvalue weighted by atomic mass is 32.1. The van der Waals surface area contributed by atoms with Crippen LogP contribution in [0.2, 0.25) is 0 Å². The summed E-state index contributed by atoms with van der Waals surface area (Å²) < 4.78 is 11.1. The van der Waals surface area contributed by atoms with Crippen molar-refractivity contribution in [2.24, 2.45) is 11.8 Å². The molecule has 0 bridgehead atoms. The lowest BCUT2D eigenvalue weighted by Crippen LogP contribution is -2.40. The average molecular weight is 364 g/mol. The maximum Gasteiger partial charge on any atom is 0.170 e. The van der Waals surface area contributed by atoms with Crippen LogP contribution in [0.1, 0.15) is 26.7 Å². The summed E-state index contributed by atoms with van der Waals surface area (Å²) in [6.45, 7) is 10.4. The zero-order chi connectivity index (χ0) is 17.6. The number of piperidine rings is 1. The van der Waals surface area contributed by atoms with E-state index in [2.05, 4.69) is 29.4 Å². The van der Waals surface area contributed by atoms with Crippen molar-refractivity contribution in [2.75, 3.05) is 44.7 Å². The third-order valence-electron chi connectivity index (χ3n) is 4.68. The van der Waals surface area contributed by atoms with Crippen molar-refractivity contribution in [2.45, 2.75) is 26.7 Å². The number of hydrogen-bond acceptors (Lipinski definition) is 4. The van der Waals surface area contributed by atoms with Crippen LogP contribution in [0.4, 0.5) is 5.69 Å². The first-order valence-electron chi connectivity index (χ1n) is 9.27. The van der Waals surface area contributed by atoms with Gasteiger partial charge in [-0.1, -0.05) is 13.8 Å². The number of thiocarbonyl (C=S) groups is 1. The summed E-state index contributed by atoms with van der Waals surface area (Å²) in [6.07, 6.45) is 2.46. The molecular formula is C19H29N3O2S. The maximum atomic E-state index is 5.59. The molecule has 25 heavy (non-hydrogen) atoms. The molecule has 2 aliphatic heterocycles. The highest BCUT2D eigenvalue weighted by Crippen LogP contribution is 2.32. The molecule has 1 fully saturated rings. The molecule has 2 N–H and O–H groups in total. The summed E-state index contributed by atoms with van der Waals surface area (Å²) in [4.78, 5) is 2.58. The zero-order valence-electron chi connectivity index (χ0n) is 15.2. The van der Waals surface area contributed by atoms with Gasteiger partial charge in [0.15, 0.2) is 16.6 Å². The van der Waals surface area contributed by atoms with E-state index in [0.717, 1.165) is 48.5 Å². The standard InChI is InChI=1S/C19H29N3O2S/c1-14-10-15(2)13-22(12-14)7-3-6-20-19(25)21-16-4-5-17-18(11-16)24-9-8-23-17/h4-5,11,14-15H,3,6-10,12-13H2,1-2H3,(H2,20,21,25)/t14-,15-/m0/s1. The van der Waals surface area contributed by atoms with E-state index in [1.165, 1.54) is 19.5 Å². The monoisotopic (exact) mass is 363 g/mol. The molecule has 1 saturated heterocycles. The SMILES string of the molecule is C[C@H]1C[C@H](C)CN(CCCNC(=S)Nc2ccc3c(c2)OCCO3)C1. The second-order valence-electron chi connectivity index (χ2n) is 7.30. The van der Waals surface area contributed by atoms with Gasteiger partial charge in [0.2, 0.25) is 0 Å². The van der Waals surface area contributed by atoms with E-state index in [1.54, 1.807) is 0 Å². The molecule has 0 spiro atoms. The van der Waals surface area contributed by atoms with Crippen molar-refractivity contribution >= 4 is 23.0 Å². The highest BCUT2D eigenvalue weighted by Gasteiger charge is 2.21. The van der Waals surface area contributed by atoms with Gasteiger partial charge in [-0.15, -0.1) is 0 Å². The Kier molecular flexibility index (Phi) is 6.37. The summed E-state index contributed by atoms with van der Waals surface area (Å²) >= 11 is 5.39. The van der Waals surface area contributed by atoms with Crippen molar-refractivity contribution in [1.82, 2.24) is 10.2 Å². The minimum Gasteiger partial charge on any atom is -0.486 e. The number of nitrogens with one attached hydrogen (secondary N) is 2. The molecule has 6 heteroatoms. The summed E-state index contributed by atoms with van der Waals surface area (Å²) in [6, 6.07) is 5.80. The Morgan fingerprint density at radius 2 is 1.88 bits per heavy atom. The smallest absolute Gasteiger partial charge is 0.170 e. The first kappa shape index (κ1) is 18.3. The van der Waals surface area contributed by atoms with E-state index in [1.807, 2.05) is 18.2 Å². The molecule has 0 amide bonds.